The third-order valence-corrected chi connectivity index (χ3v) is 3.36. The van der Waals surface area contributed by atoms with Gasteiger partial charge in [-0.3, -0.25) is 4.98 Å². The number of rotatable bonds is 5. The summed E-state index contributed by atoms with van der Waals surface area (Å²) in [6, 6.07) is 2.68. The molecule has 0 aliphatic carbocycles. The Balaban J connectivity index is 2.68. The molecule has 0 aliphatic heterocycles. The number of aromatic nitrogens is 1. The van der Waals surface area contributed by atoms with E-state index in [1.54, 1.807) is 20.8 Å². The average Bonchev–Trinajstić information content (AvgIpc) is 2.36. The molecular formula is C12H15F3N2O2S. The second-order valence-corrected chi connectivity index (χ2v) is 6.75. The van der Waals surface area contributed by atoms with E-state index in [9.17, 15) is 17.4 Å². The first-order valence-electron chi connectivity index (χ1n) is 5.71. The lowest BCUT2D eigenvalue weighted by atomic mass is 10.3. The summed E-state index contributed by atoms with van der Waals surface area (Å²) in [6.07, 6.45) is -3.52. The summed E-state index contributed by atoms with van der Waals surface area (Å²) in [5, 5.41) is 0. The van der Waals surface area contributed by atoms with E-state index < -0.39 is 28.5 Å². The molecule has 20 heavy (non-hydrogen) atoms. The van der Waals surface area contributed by atoms with Crippen molar-refractivity contribution in [3.8, 4) is 5.75 Å². The zero-order valence-electron chi connectivity index (χ0n) is 11.2. The highest BCUT2D eigenvalue weighted by atomic mass is 32.2. The Kier molecular flexibility index (Phi) is 5.67. The minimum atomic E-state index is -3.22. The quantitative estimate of drug-likeness (QED) is 0.786. The molecule has 0 spiro atoms. The highest BCUT2D eigenvalue weighted by molar-refractivity contribution is 7.85. The number of pyridine rings is 1. The van der Waals surface area contributed by atoms with E-state index in [0.29, 0.717) is 5.69 Å². The highest BCUT2D eigenvalue weighted by Gasteiger charge is 2.21. The van der Waals surface area contributed by atoms with E-state index in [1.165, 1.54) is 18.3 Å². The molecule has 0 saturated carbocycles. The Labute approximate surface area is 117 Å². The first-order chi connectivity index (χ1) is 9.20. The van der Waals surface area contributed by atoms with Gasteiger partial charge in [-0.2, -0.15) is 8.79 Å². The molecule has 0 saturated heterocycles. The number of halogens is 3. The lowest BCUT2D eigenvalue weighted by molar-refractivity contribution is -0.0670. The predicted molar refractivity (Wildman–Crippen MR) is 71.3 cm³/mol. The van der Waals surface area contributed by atoms with E-state index in [2.05, 4.69) is 14.1 Å². The molecule has 0 amide bonds. The van der Waals surface area contributed by atoms with Crippen LogP contribution < -0.4 is 4.74 Å². The van der Waals surface area contributed by atoms with Gasteiger partial charge in [0.2, 0.25) is 0 Å². The van der Waals surface area contributed by atoms with Crippen molar-refractivity contribution in [2.75, 3.05) is 0 Å². The Morgan fingerprint density at radius 3 is 2.45 bits per heavy atom. The molecule has 4 nitrogen and oxygen atoms in total. The van der Waals surface area contributed by atoms with Gasteiger partial charge in [0.05, 0.1) is 22.9 Å². The topological polar surface area (TPSA) is 51.5 Å². The molecule has 1 aromatic rings. The van der Waals surface area contributed by atoms with Crippen molar-refractivity contribution in [2.24, 2.45) is 4.40 Å². The van der Waals surface area contributed by atoms with Crippen molar-refractivity contribution in [2.45, 2.75) is 38.3 Å². The van der Waals surface area contributed by atoms with E-state index >= 15 is 0 Å². The van der Waals surface area contributed by atoms with E-state index in [1.807, 2.05) is 0 Å². The molecule has 0 radical (unpaired) electrons. The summed E-state index contributed by atoms with van der Waals surface area (Å²) in [5.74, 6) is -0.119. The van der Waals surface area contributed by atoms with Gasteiger partial charge in [0.15, 0.2) is 0 Å². The number of nitrogens with zero attached hydrogens (tertiary/aromatic N) is 2. The van der Waals surface area contributed by atoms with Crippen LogP contribution >= 0.6 is 0 Å². The van der Waals surface area contributed by atoms with Crippen molar-refractivity contribution in [3.63, 3.8) is 0 Å². The maximum Gasteiger partial charge on any atom is 0.304 e. The van der Waals surface area contributed by atoms with Crippen molar-refractivity contribution in [3.05, 3.63) is 24.0 Å². The molecule has 0 aliphatic rings. The predicted octanol–water partition coefficient (Wildman–Crippen LogP) is 2.90. The summed E-state index contributed by atoms with van der Waals surface area (Å²) in [6.45, 7) is 5.32. The van der Waals surface area contributed by atoms with Crippen LogP contribution in [0, 0.1) is 0 Å². The van der Waals surface area contributed by atoms with Crippen LogP contribution in [0.4, 0.5) is 13.2 Å². The molecule has 1 rings (SSSR count). The summed E-state index contributed by atoms with van der Waals surface area (Å²) in [4.78, 5) is 3.82. The normalized spacial score (nSPS) is 15.6. The Morgan fingerprint density at radius 1 is 1.35 bits per heavy atom. The first-order valence-corrected chi connectivity index (χ1v) is 6.82. The second kappa shape index (κ2) is 6.83. The fraction of sp³-hybridized carbons (Fsp3) is 0.500. The highest BCUT2D eigenvalue weighted by Crippen LogP contribution is 2.16. The molecule has 0 aromatic carbocycles. The molecule has 8 heteroatoms. The van der Waals surface area contributed by atoms with Gasteiger partial charge < -0.3 is 4.74 Å². The number of hydrogen-bond acceptors (Lipinski definition) is 3. The zero-order valence-corrected chi connectivity index (χ0v) is 12.0. The fourth-order valence-corrected chi connectivity index (χ4v) is 1.50. The van der Waals surface area contributed by atoms with Crippen LogP contribution in [0.15, 0.2) is 22.7 Å². The lowest BCUT2D eigenvalue weighted by Crippen LogP contribution is -2.20. The van der Waals surface area contributed by atoms with Gasteiger partial charge in [-0.05, 0) is 32.9 Å². The molecular weight excluding hydrogens is 293 g/mol. The van der Waals surface area contributed by atoms with Crippen LogP contribution in [0.25, 0.3) is 0 Å². The number of alkyl halides is 3. The minimum absolute atomic E-state index is 0.119. The third-order valence-electron chi connectivity index (χ3n) is 2.01. The van der Waals surface area contributed by atoms with Gasteiger partial charge in [-0.25, -0.2) is 13.0 Å². The van der Waals surface area contributed by atoms with Crippen LogP contribution in [0.5, 0.6) is 5.75 Å². The van der Waals surface area contributed by atoms with Crippen LogP contribution in [0.1, 0.15) is 26.5 Å². The largest absolute Gasteiger partial charge is 0.453 e. The minimum Gasteiger partial charge on any atom is -0.453 e. The van der Waals surface area contributed by atoms with Gasteiger partial charge in [-0.1, -0.05) is 0 Å². The number of hydrogen-bond donors (Lipinski definition) is 0. The smallest absolute Gasteiger partial charge is 0.304 e. The SMILES string of the molecule is CC(C)(C)S(=O)N=Cc1ccc(OC(F)C(F)F)cn1. The lowest BCUT2D eigenvalue weighted by Gasteiger charge is -2.12. The fourth-order valence-electron chi connectivity index (χ4n) is 0.979. The molecule has 1 aromatic heterocycles. The van der Waals surface area contributed by atoms with Crippen molar-refractivity contribution < 1.29 is 22.1 Å². The average molecular weight is 308 g/mol. The number of ether oxygens (including phenoxy) is 1. The van der Waals surface area contributed by atoms with Crippen molar-refractivity contribution in [1.82, 2.24) is 4.98 Å². The summed E-state index contributed by atoms with van der Waals surface area (Å²) >= 11 is 0. The molecule has 112 valence electrons. The van der Waals surface area contributed by atoms with Crippen LogP contribution in [-0.4, -0.2) is 32.9 Å². The molecule has 2 unspecified atom stereocenters. The monoisotopic (exact) mass is 308 g/mol. The zero-order chi connectivity index (χ0) is 15.3. The van der Waals surface area contributed by atoms with E-state index in [-0.39, 0.29) is 5.75 Å². The second-order valence-electron chi connectivity index (χ2n) is 4.82. The molecule has 0 fully saturated rings. The Morgan fingerprint density at radius 2 is 2.00 bits per heavy atom. The first kappa shape index (κ1) is 16.6. The summed E-state index contributed by atoms with van der Waals surface area (Å²) < 4.78 is 55.8. The Hall–Kier alpha value is -1.44. The molecule has 1 heterocycles. The molecule has 2 atom stereocenters. The van der Waals surface area contributed by atoms with Gasteiger partial charge in [0.25, 0.3) is 6.36 Å². The van der Waals surface area contributed by atoms with E-state index in [4.69, 9.17) is 0 Å². The van der Waals surface area contributed by atoms with Crippen molar-refractivity contribution in [1.29, 1.82) is 0 Å². The van der Waals surface area contributed by atoms with Gasteiger partial charge in [0.1, 0.15) is 16.7 Å². The van der Waals surface area contributed by atoms with E-state index in [0.717, 1.165) is 6.20 Å². The maximum absolute atomic E-state index is 12.6. The van der Waals surface area contributed by atoms with Crippen LogP contribution in [0.2, 0.25) is 0 Å². The molecule has 0 N–H and O–H groups in total. The Bertz CT molecular complexity index is 486. The third kappa shape index (κ3) is 5.28. The van der Waals surface area contributed by atoms with Crippen LogP contribution in [0.3, 0.4) is 0 Å². The van der Waals surface area contributed by atoms with Gasteiger partial charge >= 0.3 is 6.43 Å². The summed E-state index contributed by atoms with van der Waals surface area (Å²) in [5.41, 5.74) is 0.363. The van der Waals surface area contributed by atoms with Crippen molar-refractivity contribution >= 4 is 17.2 Å². The van der Waals surface area contributed by atoms with Gasteiger partial charge in [0, 0.05) is 0 Å². The summed E-state index contributed by atoms with van der Waals surface area (Å²) in [7, 11) is -1.42. The van der Waals surface area contributed by atoms with Crippen LogP contribution in [-0.2, 0) is 11.0 Å². The molecule has 0 bridgehead atoms. The maximum atomic E-state index is 12.6. The standard InChI is InChI=1S/C12H15F3N2O2S/c1-12(2,3)20(18)17-6-8-4-5-9(7-16-8)19-11(15)10(13)14/h4-7,10-11H,1-3H3. The van der Waals surface area contributed by atoms with Gasteiger partial charge in [-0.15, -0.1) is 0 Å².